The molecule has 0 bridgehead atoms. The molecule has 1 aromatic heterocycles. The SMILES string of the molecule is Cc1ccc(CN(C)Cc2ccc(C)c(N)c2)o1. The van der Waals surface area contributed by atoms with Gasteiger partial charge < -0.3 is 10.2 Å². The van der Waals surface area contributed by atoms with Crippen LogP contribution < -0.4 is 5.73 Å². The van der Waals surface area contributed by atoms with E-state index in [1.807, 2.05) is 32.0 Å². The monoisotopic (exact) mass is 244 g/mol. The summed E-state index contributed by atoms with van der Waals surface area (Å²) in [5, 5.41) is 0. The van der Waals surface area contributed by atoms with Gasteiger partial charge in [0.05, 0.1) is 6.54 Å². The van der Waals surface area contributed by atoms with Crippen molar-refractivity contribution in [3.05, 3.63) is 53.0 Å². The molecule has 2 rings (SSSR count). The van der Waals surface area contributed by atoms with Gasteiger partial charge in [-0.05, 0) is 50.2 Å². The van der Waals surface area contributed by atoms with Crippen LogP contribution in [0.25, 0.3) is 0 Å². The Hall–Kier alpha value is -1.74. The van der Waals surface area contributed by atoms with Crippen LogP contribution in [-0.4, -0.2) is 11.9 Å². The summed E-state index contributed by atoms with van der Waals surface area (Å²) >= 11 is 0. The van der Waals surface area contributed by atoms with Gasteiger partial charge in [-0.3, -0.25) is 4.90 Å². The highest BCUT2D eigenvalue weighted by molar-refractivity contribution is 5.48. The van der Waals surface area contributed by atoms with Crippen LogP contribution in [0.2, 0.25) is 0 Å². The standard InChI is InChI=1S/C15H20N2O/c1-11-4-6-13(8-15(11)16)9-17(3)10-14-7-5-12(2)18-14/h4-8H,9-10,16H2,1-3H3. The Morgan fingerprint density at radius 3 is 2.50 bits per heavy atom. The second kappa shape index (κ2) is 5.27. The third-order valence-electron chi connectivity index (χ3n) is 3.02. The van der Waals surface area contributed by atoms with Gasteiger partial charge in [0.15, 0.2) is 0 Å². The average molecular weight is 244 g/mol. The van der Waals surface area contributed by atoms with Crippen molar-refractivity contribution in [2.24, 2.45) is 0 Å². The van der Waals surface area contributed by atoms with Crippen LogP contribution >= 0.6 is 0 Å². The topological polar surface area (TPSA) is 42.4 Å². The van der Waals surface area contributed by atoms with Gasteiger partial charge in [0, 0.05) is 12.2 Å². The number of aryl methyl sites for hydroxylation is 2. The maximum absolute atomic E-state index is 5.92. The van der Waals surface area contributed by atoms with E-state index in [1.165, 1.54) is 5.56 Å². The molecule has 96 valence electrons. The third kappa shape index (κ3) is 3.14. The lowest BCUT2D eigenvalue weighted by Crippen LogP contribution is -2.17. The van der Waals surface area contributed by atoms with Crippen LogP contribution in [-0.2, 0) is 13.1 Å². The lowest BCUT2D eigenvalue weighted by atomic mass is 10.1. The number of nitrogens with two attached hydrogens (primary N) is 1. The Morgan fingerprint density at radius 1 is 1.11 bits per heavy atom. The summed E-state index contributed by atoms with van der Waals surface area (Å²) in [7, 11) is 2.08. The molecule has 3 nitrogen and oxygen atoms in total. The van der Waals surface area contributed by atoms with Crippen molar-refractivity contribution in [3.8, 4) is 0 Å². The predicted molar refractivity (Wildman–Crippen MR) is 74.2 cm³/mol. The van der Waals surface area contributed by atoms with E-state index in [1.54, 1.807) is 0 Å². The van der Waals surface area contributed by atoms with Gasteiger partial charge in [0.25, 0.3) is 0 Å². The van der Waals surface area contributed by atoms with Gasteiger partial charge in [0.2, 0.25) is 0 Å². The number of hydrogen-bond acceptors (Lipinski definition) is 3. The molecule has 0 saturated carbocycles. The fraction of sp³-hybridized carbons (Fsp3) is 0.333. The molecule has 0 aliphatic carbocycles. The number of nitrogen functional groups attached to an aromatic ring is 1. The maximum Gasteiger partial charge on any atom is 0.118 e. The van der Waals surface area contributed by atoms with Crippen LogP contribution in [0, 0.1) is 13.8 Å². The van der Waals surface area contributed by atoms with Crippen molar-refractivity contribution in [3.63, 3.8) is 0 Å². The molecule has 3 heteroatoms. The van der Waals surface area contributed by atoms with E-state index < -0.39 is 0 Å². The molecule has 0 aliphatic rings. The number of benzene rings is 1. The lowest BCUT2D eigenvalue weighted by Gasteiger charge is -2.16. The highest BCUT2D eigenvalue weighted by Gasteiger charge is 2.05. The molecular weight excluding hydrogens is 224 g/mol. The van der Waals surface area contributed by atoms with Gasteiger partial charge in [-0.25, -0.2) is 0 Å². The van der Waals surface area contributed by atoms with E-state index in [-0.39, 0.29) is 0 Å². The number of anilines is 1. The minimum Gasteiger partial charge on any atom is -0.465 e. The number of furan rings is 1. The number of rotatable bonds is 4. The van der Waals surface area contributed by atoms with E-state index in [0.29, 0.717) is 0 Å². The summed E-state index contributed by atoms with van der Waals surface area (Å²) in [6, 6.07) is 10.2. The highest BCUT2D eigenvalue weighted by atomic mass is 16.3. The van der Waals surface area contributed by atoms with E-state index in [0.717, 1.165) is 35.9 Å². The minimum absolute atomic E-state index is 0.807. The van der Waals surface area contributed by atoms with Crippen molar-refractivity contribution in [2.45, 2.75) is 26.9 Å². The molecule has 0 atom stereocenters. The van der Waals surface area contributed by atoms with Gasteiger partial charge >= 0.3 is 0 Å². The molecule has 0 radical (unpaired) electrons. The average Bonchev–Trinajstić information content (AvgIpc) is 2.69. The van der Waals surface area contributed by atoms with Crippen LogP contribution in [0.5, 0.6) is 0 Å². The summed E-state index contributed by atoms with van der Waals surface area (Å²) in [6.07, 6.45) is 0. The van der Waals surface area contributed by atoms with E-state index in [2.05, 4.69) is 24.1 Å². The lowest BCUT2D eigenvalue weighted by molar-refractivity contribution is 0.285. The second-order valence-corrected chi connectivity index (χ2v) is 4.88. The molecule has 1 heterocycles. The van der Waals surface area contributed by atoms with Crippen molar-refractivity contribution in [1.82, 2.24) is 4.90 Å². The van der Waals surface area contributed by atoms with Crippen molar-refractivity contribution in [2.75, 3.05) is 12.8 Å². The Bertz CT molecular complexity index is 531. The van der Waals surface area contributed by atoms with Crippen molar-refractivity contribution >= 4 is 5.69 Å². The summed E-state index contributed by atoms with van der Waals surface area (Å²) in [6.45, 7) is 5.66. The quantitative estimate of drug-likeness (QED) is 0.840. The number of nitrogens with zero attached hydrogens (tertiary/aromatic N) is 1. The zero-order valence-electron chi connectivity index (χ0n) is 11.2. The Morgan fingerprint density at radius 2 is 1.89 bits per heavy atom. The van der Waals surface area contributed by atoms with E-state index >= 15 is 0 Å². The Balaban J connectivity index is 1.98. The van der Waals surface area contributed by atoms with Crippen LogP contribution in [0.4, 0.5) is 5.69 Å². The summed E-state index contributed by atoms with van der Waals surface area (Å²) in [5.74, 6) is 1.95. The first-order chi connectivity index (χ1) is 8.54. The molecule has 0 spiro atoms. The van der Waals surface area contributed by atoms with Gasteiger partial charge in [-0.2, -0.15) is 0 Å². The molecular formula is C15H20N2O. The van der Waals surface area contributed by atoms with Gasteiger partial charge in [-0.1, -0.05) is 12.1 Å². The normalized spacial score (nSPS) is 11.1. The molecule has 0 saturated heterocycles. The summed E-state index contributed by atoms with van der Waals surface area (Å²) < 4.78 is 5.57. The number of hydrogen-bond donors (Lipinski definition) is 1. The summed E-state index contributed by atoms with van der Waals surface area (Å²) in [4.78, 5) is 2.21. The van der Waals surface area contributed by atoms with Crippen molar-refractivity contribution in [1.29, 1.82) is 0 Å². The fourth-order valence-corrected chi connectivity index (χ4v) is 1.99. The van der Waals surface area contributed by atoms with Crippen LogP contribution in [0.3, 0.4) is 0 Å². The maximum atomic E-state index is 5.92. The Kier molecular flexibility index (Phi) is 3.72. The largest absolute Gasteiger partial charge is 0.465 e. The predicted octanol–water partition coefficient (Wildman–Crippen LogP) is 3.11. The fourth-order valence-electron chi connectivity index (χ4n) is 1.99. The van der Waals surface area contributed by atoms with Gasteiger partial charge in [-0.15, -0.1) is 0 Å². The highest BCUT2D eigenvalue weighted by Crippen LogP contribution is 2.15. The second-order valence-electron chi connectivity index (χ2n) is 4.88. The molecule has 2 N–H and O–H groups in total. The molecule has 2 aromatic rings. The summed E-state index contributed by atoms with van der Waals surface area (Å²) in [5.41, 5.74) is 9.13. The Labute approximate surface area is 108 Å². The zero-order valence-corrected chi connectivity index (χ0v) is 11.2. The first kappa shape index (κ1) is 12.7. The third-order valence-corrected chi connectivity index (χ3v) is 3.02. The molecule has 0 amide bonds. The smallest absolute Gasteiger partial charge is 0.118 e. The van der Waals surface area contributed by atoms with Crippen molar-refractivity contribution < 1.29 is 4.42 Å². The van der Waals surface area contributed by atoms with E-state index in [9.17, 15) is 0 Å². The first-order valence-corrected chi connectivity index (χ1v) is 6.13. The minimum atomic E-state index is 0.807. The molecule has 1 aromatic carbocycles. The first-order valence-electron chi connectivity index (χ1n) is 6.13. The zero-order chi connectivity index (χ0) is 13.1. The van der Waals surface area contributed by atoms with Crippen LogP contribution in [0.15, 0.2) is 34.7 Å². The van der Waals surface area contributed by atoms with Gasteiger partial charge in [0.1, 0.15) is 11.5 Å². The van der Waals surface area contributed by atoms with Crippen LogP contribution in [0.1, 0.15) is 22.6 Å². The molecule has 18 heavy (non-hydrogen) atoms. The molecule has 0 aliphatic heterocycles. The molecule has 0 fully saturated rings. The van der Waals surface area contributed by atoms with E-state index in [4.69, 9.17) is 10.2 Å². The molecule has 0 unspecified atom stereocenters.